The normalized spacial score (nSPS) is 18.5. The minimum atomic E-state index is -0.250. The van der Waals surface area contributed by atoms with Crippen LogP contribution in [0, 0.1) is 5.92 Å². The molecule has 0 aliphatic carbocycles. The summed E-state index contributed by atoms with van der Waals surface area (Å²) < 4.78 is 5.09. The molecule has 1 aromatic heterocycles. The molecule has 1 unspecified atom stereocenters. The minimum Gasteiger partial charge on any atom is -0.483 e. The highest BCUT2D eigenvalue weighted by molar-refractivity contribution is 5.94. The number of benzene rings is 1. The summed E-state index contributed by atoms with van der Waals surface area (Å²) in [6, 6.07) is 9.36. The molecular formula is C22H28N4O5. The van der Waals surface area contributed by atoms with Gasteiger partial charge in [0.05, 0.1) is 18.1 Å². The third-order valence-corrected chi connectivity index (χ3v) is 5.85. The number of hydrogen-bond donors (Lipinski definition) is 2. The van der Waals surface area contributed by atoms with Gasteiger partial charge in [-0.2, -0.15) is 0 Å². The van der Waals surface area contributed by atoms with Gasteiger partial charge in [-0.1, -0.05) is 18.2 Å². The fraction of sp³-hybridized carbons (Fsp3) is 0.455. The maximum atomic E-state index is 12.7. The Balaban J connectivity index is 0.000000858. The number of ether oxygens (including phenoxy) is 1. The fourth-order valence-electron chi connectivity index (χ4n) is 4.45. The molecule has 0 radical (unpaired) electrons. The van der Waals surface area contributed by atoms with E-state index in [4.69, 9.17) is 14.6 Å². The van der Waals surface area contributed by atoms with E-state index in [1.807, 2.05) is 40.1 Å². The molecule has 2 N–H and O–H groups in total. The van der Waals surface area contributed by atoms with Crippen LogP contribution in [0.1, 0.15) is 40.6 Å². The number of rotatable bonds is 4. The molecule has 0 spiro atoms. The first-order valence-corrected chi connectivity index (χ1v) is 10.3. The first-order valence-electron chi connectivity index (χ1n) is 10.3. The molecule has 31 heavy (non-hydrogen) atoms. The van der Waals surface area contributed by atoms with E-state index in [2.05, 4.69) is 9.97 Å². The van der Waals surface area contributed by atoms with Crippen molar-refractivity contribution in [3.8, 4) is 0 Å². The lowest BCUT2D eigenvalue weighted by atomic mass is 9.83. The highest BCUT2D eigenvalue weighted by Gasteiger charge is 2.39. The molecule has 4 rings (SSSR count). The third-order valence-electron chi connectivity index (χ3n) is 5.85. The summed E-state index contributed by atoms with van der Waals surface area (Å²) in [6.45, 7) is 1.90. The number of amides is 2. The first-order chi connectivity index (χ1) is 15.1. The van der Waals surface area contributed by atoms with Crippen molar-refractivity contribution in [1.29, 1.82) is 0 Å². The first kappa shape index (κ1) is 22.5. The number of methoxy groups -OCH3 is 1. The number of carboxylic acid groups (broad SMARTS) is 1. The lowest BCUT2D eigenvalue weighted by molar-refractivity contribution is -0.140. The largest absolute Gasteiger partial charge is 0.483 e. The molecule has 2 aliphatic heterocycles. The van der Waals surface area contributed by atoms with Gasteiger partial charge >= 0.3 is 0 Å². The van der Waals surface area contributed by atoms with E-state index in [1.54, 1.807) is 13.4 Å². The third kappa shape index (κ3) is 5.11. The Hall–Kier alpha value is -3.20. The van der Waals surface area contributed by atoms with Gasteiger partial charge in [0.2, 0.25) is 5.91 Å². The van der Waals surface area contributed by atoms with E-state index in [0.717, 1.165) is 36.2 Å². The summed E-state index contributed by atoms with van der Waals surface area (Å²) >= 11 is 0. The Kier molecular flexibility index (Phi) is 7.77. The van der Waals surface area contributed by atoms with Gasteiger partial charge < -0.3 is 24.6 Å². The van der Waals surface area contributed by atoms with Crippen LogP contribution in [-0.2, 0) is 20.7 Å². The van der Waals surface area contributed by atoms with E-state index < -0.39 is 0 Å². The van der Waals surface area contributed by atoms with Gasteiger partial charge in [0.25, 0.3) is 12.4 Å². The van der Waals surface area contributed by atoms with Gasteiger partial charge in [0.15, 0.2) is 0 Å². The fourth-order valence-corrected chi connectivity index (χ4v) is 4.45. The Morgan fingerprint density at radius 2 is 1.90 bits per heavy atom. The topological polar surface area (TPSA) is 116 Å². The molecule has 2 aromatic rings. The predicted octanol–water partition coefficient (Wildman–Crippen LogP) is 1.74. The van der Waals surface area contributed by atoms with Crippen LogP contribution in [0.2, 0.25) is 0 Å². The lowest BCUT2D eigenvalue weighted by Crippen LogP contribution is -2.48. The van der Waals surface area contributed by atoms with Crippen molar-refractivity contribution in [2.24, 2.45) is 5.92 Å². The van der Waals surface area contributed by atoms with Crippen LogP contribution in [0.5, 0.6) is 0 Å². The number of hydrogen-bond acceptors (Lipinski definition) is 5. The molecule has 0 bridgehead atoms. The Bertz CT molecular complexity index is 877. The van der Waals surface area contributed by atoms with E-state index >= 15 is 0 Å². The standard InChI is InChI=1S/C21H26N4O3.CH2O2/c1-28-13-18(26)25-12-9-17-19(23-14-22-17)20(25)15-7-10-24(11-8-15)21(27)16-5-3-2-4-6-16;2-1-3/h2-6,14-15,20H,7-13H2,1H3,(H,22,23);1H,(H,2,3). The highest BCUT2D eigenvalue weighted by atomic mass is 16.5. The van der Waals surface area contributed by atoms with Crippen LogP contribution in [0.25, 0.3) is 0 Å². The molecule has 9 nitrogen and oxygen atoms in total. The number of fused-ring (bicyclic) bond motifs is 1. The van der Waals surface area contributed by atoms with Gasteiger partial charge in [0.1, 0.15) is 6.61 Å². The van der Waals surface area contributed by atoms with Gasteiger partial charge in [0, 0.05) is 44.4 Å². The summed E-state index contributed by atoms with van der Waals surface area (Å²) in [5.74, 6) is 0.363. The number of likely N-dealkylation sites (tertiary alicyclic amines) is 1. The van der Waals surface area contributed by atoms with Crippen molar-refractivity contribution in [2.45, 2.75) is 25.3 Å². The Morgan fingerprint density at radius 1 is 1.23 bits per heavy atom. The molecule has 9 heteroatoms. The molecular weight excluding hydrogens is 400 g/mol. The zero-order valence-corrected chi connectivity index (χ0v) is 17.6. The Morgan fingerprint density at radius 3 is 2.55 bits per heavy atom. The van der Waals surface area contributed by atoms with Crippen molar-refractivity contribution in [1.82, 2.24) is 19.8 Å². The average molecular weight is 428 g/mol. The number of H-pyrrole nitrogens is 1. The molecule has 1 saturated heterocycles. The van der Waals surface area contributed by atoms with Crippen molar-refractivity contribution < 1.29 is 24.2 Å². The molecule has 3 heterocycles. The summed E-state index contributed by atoms with van der Waals surface area (Å²) in [5, 5.41) is 6.89. The van der Waals surface area contributed by atoms with Crippen LogP contribution in [-0.4, -0.2) is 76.5 Å². The minimum absolute atomic E-state index is 0.00365. The maximum Gasteiger partial charge on any atom is 0.290 e. The number of carbonyl (C=O) groups excluding carboxylic acids is 2. The summed E-state index contributed by atoms with van der Waals surface area (Å²) in [7, 11) is 1.55. The maximum absolute atomic E-state index is 12.7. The van der Waals surface area contributed by atoms with E-state index in [1.165, 1.54) is 0 Å². The zero-order valence-electron chi connectivity index (χ0n) is 17.6. The molecule has 0 saturated carbocycles. The second-order valence-corrected chi connectivity index (χ2v) is 7.58. The Labute approximate surface area is 181 Å². The van der Waals surface area contributed by atoms with Gasteiger partial charge in [-0.15, -0.1) is 0 Å². The van der Waals surface area contributed by atoms with Crippen LogP contribution in [0.4, 0.5) is 0 Å². The number of aromatic amines is 1. The number of piperidine rings is 1. The number of imidazole rings is 1. The van der Waals surface area contributed by atoms with E-state index in [-0.39, 0.29) is 36.9 Å². The number of nitrogens with zero attached hydrogens (tertiary/aromatic N) is 3. The summed E-state index contributed by atoms with van der Waals surface area (Å²) in [5.41, 5.74) is 2.82. The zero-order chi connectivity index (χ0) is 22.2. The molecule has 1 atom stereocenters. The van der Waals surface area contributed by atoms with Crippen molar-refractivity contribution in [2.75, 3.05) is 33.4 Å². The predicted molar refractivity (Wildman–Crippen MR) is 112 cm³/mol. The monoisotopic (exact) mass is 428 g/mol. The van der Waals surface area contributed by atoms with Crippen molar-refractivity contribution >= 4 is 18.3 Å². The molecule has 166 valence electrons. The summed E-state index contributed by atoms with van der Waals surface area (Å²) in [4.78, 5) is 45.3. The second kappa shape index (κ2) is 10.7. The summed E-state index contributed by atoms with van der Waals surface area (Å²) in [6.07, 6.45) is 4.21. The van der Waals surface area contributed by atoms with E-state index in [9.17, 15) is 9.59 Å². The number of carbonyl (C=O) groups is 3. The van der Waals surface area contributed by atoms with Crippen molar-refractivity contribution in [3.63, 3.8) is 0 Å². The van der Waals surface area contributed by atoms with Gasteiger partial charge in [-0.25, -0.2) is 4.98 Å². The van der Waals surface area contributed by atoms with Crippen LogP contribution >= 0.6 is 0 Å². The molecule has 2 amide bonds. The smallest absolute Gasteiger partial charge is 0.290 e. The molecule has 1 aromatic carbocycles. The highest BCUT2D eigenvalue weighted by Crippen LogP contribution is 2.39. The van der Waals surface area contributed by atoms with Gasteiger partial charge in [-0.05, 0) is 30.9 Å². The lowest BCUT2D eigenvalue weighted by Gasteiger charge is -2.43. The quantitative estimate of drug-likeness (QED) is 0.717. The van der Waals surface area contributed by atoms with Crippen LogP contribution in [0.15, 0.2) is 36.7 Å². The van der Waals surface area contributed by atoms with E-state index in [0.29, 0.717) is 19.6 Å². The molecule has 2 aliphatic rings. The van der Waals surface area contributed by atoms with Crippen LogP contribution < -0.4 is 0 Å². The second-order valence-electron chi connectivity index (χ2n) is 7.58. The average Bonchev–Trinajstić information content (AvgIpc) is 3.28. The number of aromatic nitrogens is 2. The van der Waals surface area contributed by atoms with Crippen LogP contribution in [0.3, 0.4) is 0 Å². The van der Waals surface area contributed by atoms with Gasteiger partial charge in [-0.3, -0.25) is 14.4 Å². The SMILES string of the molecule is COCC(=O)N1CCc2[nH]cnc2C1C1CCN(C(=O)c2ccccc2)CC1.O=CO. The van der Waals surface area contributed by atoms with Crippen molar-refractivity contribution in [3.05, 3.63) is 53.6 Å². The number of nitrogens with one attached hydrogen (secondary N) is 1. The molecule has 1 fully saturated rings.